The molecule has 2 N–H and O–H groups in total. The van der Waals surface area contributed by atoms with Crippen LogP contribution in [0.4, 0.5) is 4.39 Å². The minimum absolute atomic E-state index is 0.0261. The van der Waals surface area contributed by atoms with E-state index in [0.29, 0.717) is 45.6 Å². The molecule has 4 heterocycles. The fourth-order valence-corrected chi connectivity index (χ4v) is 5.07. The lowest BCUT2D eigenvalue weighted by Crippen LogP contribution is -2.39. The Morgan fingerprint density at radius 1 is 1.11 bits per heavy atom. The van der Waals surface area contributed by atoms with Crippen molar-refractivity contribution in [3.05, 3.63) is 77.7 Å². The highest BCUT2D eigenvalue weighted by molar-refractivity contribution is 6.30. The van der Waals surface area contributed by atoms with Crippen molar-refractivity contribution in [2.45, 2.75) is 37.8 Å². The van der Waals surface area contributed by atoms with Crippen molar-refractivity contribution in [2.24, 2.45) is 0 Å². The number of carbonyl (C=O) groups excluding carboxylic acids is 1. The molecule has 1 amide bonds. The number of nitrogens with zero attached hydrogens (tertiary/aromatic N) is 6. The molecule has 186 valence electrons. The molecule has 11 heteroatoms. The van der Waals surface area contributed by atoms with Crippen molar-refractivity contribution in [3.8, 4) is 22.9 Å². The maximum atomic E-state index is 15.0. The predicted octanol–water partition coefficient (Wildman–Crippen LogP) is 4.98. The second kappa shape index (κ2) is 9.70. The Bertz CT molecular complexity index is 1570. The number of benzene rings is 1. The fourth-order valence-electron chi connectivity index (χ4n) is 4.96. The first kappa shape index (κ1) is 23.2. The summed E-state index contributed by atoms with van der Waals surface area (Å²) >= 11 is 5.91. The van der Waals surface area contributed by atoms with Gasteiger partial charge in [-0.05, 0) is 56.0 Å². The smallest absolute Gasteiger partial charge is 0.270 e. The summed E-state index contributed by atoms with van der Waals surface area (Å²) in [5.74, 6) is 0.466. The van der Waals surface area contributed by atoms with Gasteiger partial charge >= 0.3 is 0 Å². The summed E-state index contributed by atoms with van der Waals surface area (Å²) < 4.78 is 17.0. The van der Waals surface area contributed by atoms with Crippen LogP contribution in [0.3, 0.4) is 0 Å². The van der Waals surface area contributed by atoms with Crippen molar-refractivity contribution < 1.29 is 9.18 Å². The van der Waals surface area contributed by atoms with Crippen LogP contribution in [0.15, 0.2) is 61.2 Å². The number of amides is 1. The van der Waals surface area contributed by atoms with Gasteiger partial charge in [0.1, 0.15) is 34.9 Å². The molecule has 1 aliphatic rings. The standard InChI is InChI=1S/C26H22ClFN8O/c27-15-8-9-20(29-12-15)26(37)33-16-4-3-5-17(10-16)36-23-11-21(24-31-14-32-35-24)30-13-22(23)34-25(36)18-6-1-2-7-19(18)28/h1-2,6-9,11-14,16-17H,3-5,10H2,(H,33,37)(H,31,32,35)/t16-,17+/m0/s1. The zero-order chi connectivity index (χ0) is 25.4. The van der Waals surface area contributed by atoms with Crippen molar-refractivity contribution in [2.75, 3.05) is 0 Å². The van der Waals surface area contributed by atoms with E-state index in [1.54, 1.807) is 36.5 Å². The SMILES string of the molecule is O=C(N[C@H]1CCC[C@@H](n2c(-c3ccccc3F)nc3cnc(-c4ncn[nH]4)cc32)C1)c1ccc(Cl)cn1. The van der Waals surface area contributed by atoms with E-state index >= 15 is 0 Å². The number of nitrogens with one attached hydrogen (secondary N) is 2. The Morgan fingerprint density at radius 3 is 2.78 bits per heavy atom. The minimum Gasteiger partial charge on any atom is -0.348 e. The van der Waals surface area contributed by atoms with Gasteiger partial charge in [-0.2, -0.15) is 5.10 Å². The van der Waals surface area contributed by atoms with Crippen LogP contribution in [0.2, 0.25) is 5.02 Å². The third-order valence-electron chi connectivity index (χ3n) is 6.66. The van der Waals surface area contributed by atoms with Gasteiger partial charge in [0.05, 0.1) is 22.3 Å². The molecule has 1 saturated carbocycles. The Morgan fingerprint density at radius 2 is 2.00 bits per heavy atom. The summed E-state index contributed by atoms with van der Waals surface area (Å²) in [7, 11) is 0. The molecule has 0 spiro atoms. The van der Waals surface area contributed by atoms with E-state index in [1.165, 1.54) is 18.6 Å². The minimum atomic E-state index is -0.350. The lowest BCUT2D eigenvalue weighted by molar-refractivity contribution is 0.0916. The molecule has 9 nitrogen and oxygen atoms in total. The summed E-state index contributed by atoms with van der Waals surface area (Å²) in [4.78, 5) is 30.4. The lowest BCUT2D eigenvalue weighted by atomic mass is 9.90. The van der Waals surface area contributed by atoms with E-state index in [2.05, 4.69) is 35.0 Å². The molecule has 6 rings (SSSR count). The van der Waals surface area contributed by atoms with Crippen molar-refractivity contribution in [1.29, 1.82) is 0 Å². The quantitative estimate of drug-likeness (QED) is 0.340. The first-order valence-corrected chi connectivity index (χ1v) is 12.4. The average molecular weight is 517 g/mol. The van der Waals surface area contributed by atoms with Gasteiger partial charge in [-0.3, -0.25) is 14.9 Å². The first-order valence-electron chi connectivity index (χ1n) is 12.0. The molecular formula is C26H22ClFN8O. The van der Waals surface area contributed by atoms with Crippen LogP contribution in [0.1, 0.15) is 42.2 Å². The Hall–Kier alpha value is -4.18. The Kier molecular flexibility index (Phi) is 6.09. The van der Waals surface area contributed by atoms with Crippen LogP contribution >= 0.6 is 11.6 Å². The maximum Gasteiger partial charge on any atom is 0.270 e. The Labute approximate surface area is 216 Å². The number of aromatic amines is 1. The molecule has 1 aliphatic carbocycles. The van der Waals surface area contributed by atoms with Gasteiger partial charge in [0, 0.05) is 18.3 Å². The Balaban J connectivity index is 1.38. The second-order valence-corrected chi connectivity index (χ2v) is 9.47. The van der Waals surface area contributed by atoms with Gasteiger partial charge in [-0.15, -0.1) is 0 Å². The maximum absolute atomic E-state index is 15.0. The molecule has 1 fully saturated rings. The van der Waals surface area contributed by atoms with Gasteiger partial charge in [0.15, 0.2) is 5.82 Å². The molecule has 4 aromatic heterocycles. The van der Waals surface area contributed by atoms with E-state index in [1.807, 2.05) is 6.07 Å². The van der Waals surface area contributed by atoms with Gasteiger partial charge in [0.2, 0.25) is 0 Å². The largest absolute Gasteiger partial charge is 0.348 e. The molecule has 37 heavy (non-hydrogen) atoms. The highest BCUT2D eigenvalue weighted by atomic mass is 35.5. The molecule has 0 bridgehead atoms. The first-order chi connectivity index (χ1) is 18.1. The number of hydrogen-bond acceptors (Lipinski definition) is 6. The third-order valence-corrected chi connectivity index (χ3v) is 6.88. The van der Waals surface area contributed by atoms with E-state index in [9.17, 15) is 9.18 Å². The molecular weight excluding hydrogens is 495 g/mol. The molecule has 0 radical (unpaired) electrons. The summed E-state index contributed by atoms with van der Waals surface area (Å²) in [6, 6.07) is 11.7. The number of imidazole rings is 1. The van der Waals surface area contributed by atoms with Gasteiger partial charge in [0.25, 0.3) is 5.91 Å². The van der Waals surface area contributed by atoms with Crippen LogP contribution in [0.5, 0.6) is 0 Å². The summed E-state index contributed by atoms with van der Waals surface area (Å²) in [6.07, 6.45) is 7.79. The molecule has 0 aliphatic heterocycles. The summed E-state index contributed by atoms with van der Waals surface area (Å²) in [5.41, 5.74) is 2.81. The number of pyridine rings is 2. The van der Waals surface area contributed by atoms with Crippen molar-refractivity contribution in [3.63, 3.8) is 0 Å². The third kappa shape index (κ3) is 4.55. The summed E-state index contributed by atoms with van der Waals surface area (Å²) in [5, 5.41) is 10.3. The molecule has 2 atom stereocenters. The number of halogens is 2. The van der Waals surface area contributed by atoms with Crippen LogP contribution in [-0.2, 0) is 0 Å². The molecule has 5 aromatic rings. The number of aromatic nitrogens is 7. The molecule has 1 aromatic carbocycles. The number of H-pyrrole nitrogens is 1. The van der Waals surface area contributed by atoms with Crippen LogP contribution in [-0.4, -0.2) is 46.6 Å². The zero-order valence-electron chi connectivity index (χ0n) is 19.6. The van der Waals surface area contributed by atoms with Crippen LogP contribution < -0.4 is 5.32 Å². The zero-order valence-corrected chi connectivity index (χ0v) is 20.4. The second-order valence-electron chi connectivity index (χ2n) is 9.03. The van der Waals surface area contributed by atoms with Gasteiger partial charge in [-0.1, -0.05) is 23.7 Å². The van der Waals surface area contributed by atoms with Gasteiger partial charge < -0.3 is 9.88 Å². The highest BCUT2D eigenvalue weighted by Crippen LogP contribution is 2.37. The predicted molar refractivity (Wildman–Crippen MR) is 136 cm³/mol. The number of hydrogen-bond donors (Lipinski definition) is 2. The van der Waals surface area contributed by atoms with Gasteiger partial charge in [-0.25, -0.2) is 19.3 Å². The molecule has 0 saturated heterocycles. The molecule has 0 unspecified atom stereocenters. The van der Waals surface area contributed by atoms with E-state index in [-0.39, 0.29) is 23.8 Å². The topological polar surface area (TPSA) is 114 Å². The van der Waals surface area contributed by atoms with E-state index < -0.39 is 0 Å². The van der Waals surface area contributed by atoms with E-state index in [0.717, 1.165) is 24.8 Å². The van der Waals surface area contributed by atoms with Crippen LogP contribution in [0.25, 0.3) is 33.9 Å². The monoisotopic (exact) mass is 516 g/mol. The van der Waals surface area contributed by atoms with Crippen molar-refractivity contribution >= 4 is 28.5 Å². The number of rotatable bonds is 5. The normalized spacial score (nSPS) is 17.7. The number of fused-ring (bicyclic) bond motifs is 1. The van der Waals surface area contributed by atoms with Crippen LogP contribution in [0, 0.1) is 5.82 Å². The van der Waals surface area contributed by atoms with E-state index in [4.69, 9.17) is 16.6 Å². The number of carbonyl (C=O) groups is 1. The average Bonchev–Trinajstić information content (AvgIpc) is 3.57. The lowest BCUT2D eigenvalue weighted by Gasteiger charge is -2.32. The highest BCUT2D eigenvalue weighted by Gasteiger charge is 2.29. The van der Waals surface area contributed by atoms with Crippen molar-refractivity contribution in [1.82, 2.24) is 40.0 Å². The fraction of sp³-hybridized carbons (Fsp3) is 0.231. The summed E-state index contributed by atoms with van der Waals surface area (Å²) in [6.45, 7) is 0.